The van der Waals surface area contributed by atoms with Crippen molar-refractivity contribution in [2.45, 2.75) is 6.29 Å². The van der Waals surface area contributed by atoms with Gasteiger partial charge in [0.15, 0.2) is 0 Å². The van der Waals surface area contributed by atoms with Crippen molar-refractivity contribution in [3.05, 3.63) is 72.3 Å². The fraction of sp³-hybridized carbons (Fsp3) is 0.0588. The van der Waals surface area contributed by atoms with E-state index in [2.05, 4.69) is 0 Å². The first-order chi connectivity index (χ1) is 10.2. The summed E-state index contributed by atoms with van der Waals surface area (Å²) in [4.78, 5) is 23.2. The van der Waals surface area contributed by atoms with E-state index >= 15 is 0 Å². The largest absolute Gasteiger partial charge is 0.418 e. The predicted molar refractivity (Wildman–Crippen MR) is 76.3 cm³/mol. The van der Waals surface area contributed by atoms with Crippen LogP contribution in [0, 0.1) is 0 Å². The average molecular weight is 280 g/mol. The highest BCUT2D eigenvalue weighted by molar-refractivity contribution is 5.97. The lowest BCUT2D eigenvalue weighted by atomic mass is 10.00. The van der Waals surface area contributed by atoms with Crippen LogP contribution >= 0.6 is 0 Å². The van der Waals surface area contributed by atoms with Crippen molar-refractivity contribution >= 4 is 11.9 Å². The van der Waals surface area contributed by atoms with E-state index in [1.165, 1.54) is 12.2 Å². The molecule has 1 unspecified atom stereocenters. The van der Waals surface area contributed by atoms with Crippen LogP contribution in [0.4, 0.5) is 0 Å². The van der Waals surface area contributed by atoms with E-state index in [0.29, 0.717) is 5.56 Å². The summed E-state index contributed by atoms with van der Waals surface area (Å²) in [5, 5.41) is 0. The van der Waals surface area contributed by atoms with Crippen LogP contribution in [0.5, 0.6) is 0 Å². The minimum absolute atomic E-state index is 0.431. The van der Waals surface area contributed by atoms with Gasteiger partial charge in [0.1, 0.15) is 0 Å². The molecule has 0 spiro atoms. The molecule has 0 aliphatic carbocycles. The van der Waals surface area contributed by atoms with Crippen LogP contribution < -0.4 is 0 Å². The van der Waals surface area contributed by atoms with Gasteiger partial charge in [-0.1, -0.05) is 48.5 Å². The van der Waals surface area contributed by atoms with Crippen LogP contribution in [0.3, 0.4) is 0 Å². The summed E-state index contributed by atoms with van der Waals surface area (Å²) in [7, 11) is 0. The number of carbonyl (C=O) groups is 2. The van der Waals surface area contributed by atoms with Gasteiger partial charge >= 0.3 is 11.9 Å². The summed E-state index contributed by atoms with van der Waals surface area (Å²) in [6.07, 6.45) is 1.70. The molecule has 0 saturated carbocycles. The molecule has 21 heavy (non-hydrogen) atoms. The highest BCUT2D eigenvalue weighted by Gasteiger charge is 2.22. The van der Waals surface area contributed by atoms with Crippen LogP contribution in [0.1, 0.15) is 10.4 Å². The molecule has 1 atom stereocenters. The molecule has 1 aliphatic heterocycles. The summed E-state index contributed by atoms with van der Waals surface area (Å²) < 4.78 is 9.97. The van der Waals surface area contributed by atoms with Gasteiger partial charge in [-0.05, 0) is 17.2 Å². The van der Waals surface area contributed by atoms with Crippen molar-refractivity contribution < 1.29 is 19.1 Å². The molecule has 4 heteroatoms. The van der Waals surface area contributed by atoms with Gasteiger partial charge in [-0.3, -0.25) is 0 Å². The monoisotopic (exact) mass is 280 g/mol. The fourth-order valence-corrected chi connectivity index (χ4v) is 2.11. The van der Waals surface area contributed by atoms with E-state index in [4.69, 9.17) is 9.47 Å². The van der Waals surface area contributed by atoms with Crippen LogP contribution in [-0.4, -0.2) is 18.2 Å². The standard InChI is InChI=1S/C17H12O4/c18-15-10-11-16(20-15)21-17(19)14-9-5-4-8-13(14)12-6-2-1-3-7-12/h1-11,16H. The number of carbonyl (C=O) groups excluding carboxylic acids is 2. The maximum atomic E-state index is 12.3. The Morgan fingerprint density at radius 2 is 1.71 bits per heavy atom. The number of rotatable bonds is 3. The van der Waals surface area contributed by atoms with Crippen LogP contribution in [0.2, 0.25) is 0 Å². The summed E-state index contributed by atoms with van der Waals surface area (Å²) >= 11 is 0. The van der Waals surface area contributed by atoms with Gasteiger partial charge in [-0.25, -0.2) is 9.59 Å². The molecule has 0 amide bonds. The normalized spacial score (nSPS) is 16.6. The quantitative estimate of drug-likeness (QED) is 0.811. The average Bonchev–Trinajstić information content (AvgIpc) is 2.93. The molecule has 4 nitrogen and oxygen atoms in total. The van der Waals surface area contributed by atoms with Crippen molar-refractivity contribution in [3.63, 3.8) is 0 Å². The van der Waals surface area contributed by atoms with E-state index in [0.717, 1.165) is 11.1 Å². The molecule has 2 aromatic carbocycles. The Bertz CT molecular complexity index is 704. The second-order valence-electron chi connectivity index (χ2n) is 4.48. The summed E-state index contributed by atoms with van der Waals surface area (Å²) in [5.74, 6) is -1.04. The number of ether oxygens (including phenoxy) is 2. The third-order valence-corrected chi connectivity index (χ3v) is 3.08. The maximum absolute atomic E-state index is 12.3. The number of benzene rings is 2. The molecule has 0 radical (unpaired) electrons. The third kappa shape index (κ3) is 2.84. The van der Waals surface area contributed by atoms with Crippen LogP contribution in [-0.2, 0) is 14.3 Å². The van der Waals surface area contributed by atoms with Gasteiger partial charge in [0, 0.05) is 12.2 Å². The first kappa shape index (κ1) is 13.1. The number of hydrogen-bond acceptors (Lipinski definition) is 4. The Labute approximate surface area is 121 Å². The third-order valence-electron chi connectivity index (χ3n) is 3.08. The van der Waals surface area contributed by atoms with Crippen molar-refractivity contribution in [2.24, 2.45) is 0 Å². The van der Waals surface area contributed by atoms with E-state index in [1.807, 2.05) is 42.5 Å². The Morgan fingerprint density at radius 1 is 1.00 bits per heavy atom. The molecular formula is C17H12O4. The van der Waals surface area contributed by atoms with E-state index < -0.39 is 18.2 Å². The molecular weight excluding hydrogens is 268 g/mol. The van der Waals surface area contributed by atoms with E-state index in [1.54, 1.807) is 12.1 Å². The highest BCUT2D eigenvalue weighted by Crippen LogP contribution is 2.24. The lowest BCUT2D eigenvalue weighted by Gasteiger charge is -2.12. The molecule has 0 aromatic heterocycles. The van der Waals surface area contributed by atoms with Gasteiger partial charge in [0.25, 0.3) is 6.29 Å². The second kappa shape index (κ2) is 5.63. The van der Waals surface area contributed by atoms with Gasteiger partial charge in [0.05, 0.1) is 5.56 Å². The van der Waals surface area contributed by atoms with Gasteiger partial charge in [0.2, 0.25) is 0 Å². The summed E-state index contributed by atoms with van der Waals surface area (Å²) in [5.41, 5.74) is 2.13. The first-order valence-electron chi connectivity index (χ1n) is 6.48. The molecule has 2 aromatic rings. The number of cyclic esters (lactones) is 1. The minimum atomic E-state index is -0.950. The van der Waals surface area contributed by atoms with Crippen molar-refractivity contribution in [1.29, 1.82) is 0 Å². The predicted octanol–water partition coefficient (Wildman–Crippen LogP) is 2.95. The first-order valence-corrected chi connectivity index (χ1v) is 6.48. The zero-order valence-corrected chi connectivity index (χ0v) is 11.1. The van der Waals surface area contributed by atoms with Crippen molar-refractivity contribution in [3.8, 4) is 11.1 Å². The number of hydrogen-bond donors (Lipinski definition) is 0. The number of esters is 2. The minimum Gasteiger partial charge on any atom is -0.418 e. The lowest BCUT2D eigenvalue weighted by molar-refractivity contribution is -0.151. The van der Waals surface area contributed by atoms with E-state index in [9.17, 15) is 9.59 Å². The SMILES string of the molecule is O=C1C=CC(OC(=O)c2ccccc2-c2ccccc2)O1. The van der Waals surface area contributed by atoms with Crippen molar-refractivity contribution in [1.82, 2.24) is 0 Å². The topological polar surface area (TPSA) is 52.6 Å². The zero-order valence-electron chi connectivity index (χ0n) is 11.1. The molecule has 1 aliphatic rings. The Kier molecular flexibility index (Phi) is 3.51. The summed E-state index contributed by atoms with van der Waals surface area (Å²) in [6.45, 7) is 0. The molecule has 0 saturated heterocycles. The molecule has 0 bridgehead atoms. The molecule has 0 fully saturated rings. The Morgan fingerprint density at radius 3 is 2.43 bits per heavy atom. The maximum Gasteiger partial charge on any atom is 0.342 e. The molecule has 1 heterocycles. The van der Waals surface area contributed by atoms with Crippen LogP contribution in [0.15, 0.2) is 66.7 Å². The smallest absolute Gasteiger partial charge is 0.342 e. The van der Waals surface area contributed by atoms with E-state index in [-0.39, 0.29) is 0 Å². The molecule has 3 rings (SSSR count). The van der Waals surface area contributed by atoms with Gasteiger partial charge in [-0.15, -0.1) is 0 Å². The second-order valence-corrected chi connectivity index (χ2v) is 4.48. The molecule has 104 valence electrons. The lowest BCUT2D eigenvalue weighted by Crippen LogP contribution is -2.18. The zero-order chi connectivity index (χ0) is 14.7. The Balaban J connectivity index is 1.87. The fourth-order valence-electron chi connectivity index (χ4n) is 2.11. The summed E-state index contributed by atoms with van der Waals surface area (Å²) in [6, 6.07) is 16.7. The van der Waals surface area contributed by atoms with Gasteiger partial charge in [-0.2, -0.15) is 0 Å². The van der Waals surface area contributed by atoms with Crippen LogP contribution in [0.25, 0.3) is 11.1 Å². The highest BCUT2D eigenvalue weighted by atomic mass is 16.7. The molecule has 0 N–H and O–H groups in total. The van der Waals surface area contributed by atoms with Gasteiger partial charge < -0.3 is 9.47 Å². The van der Waals surface area contributed by atoms with Crippen molar-refractivity contribution in [2.75, 3.05) is 0 Å². The Hall–Kier alpha value is -2.88.